The van der Waals surface area contributed by atoms with Gasteiger partial charge in [0.15, 0.2) is 5.60 Å². The number of hydrogen-bond acceptors (Lipinski definition) is 6. The third-order valence-corrected chi connectivity index (χ3v) is 6.30. The molecule has 0 bridgehead atoms. The Hall–Kier alpha value is -3.79. The molecule has 2 heterocycles. The maximum Gasteiger partial charge on any atom is 0.412 e. The number of carbonyl (C=O) groups is 4. The number of halogens is 1. The van der Waals surface area contributed by atoms with E-state index in [0.717, 1.165) is 5.56 Å². The van der Waals surface area contributed by atoms with E-state index in [4.69, 9.17) is 16.3 Å². The van der Waals surface area contributed by atoms with E-state index >= 15 is 0 Å². The van der Waals surface area contributed by atoms with Crippen molar-refractivity contribution in [1.29, 1.82) is 0 Å². The van der Waals surface area contributed by atoms with Gasteiger partial charge in [0.1, 0.15) is 6.04 Å². The summed E-state index contributed by atoms with van der Waals surface area (Å²) < 4.78 is 10.3. The van der Waals surface area contributed by atoms with Gasteiger partial charge in [-0.15, -0.1) is 0 Å². The Morgan fingerprint density at radius 1 is 1.20 bits per heavy atom. The Balaban J connectivity index is 1.44. The van der Waals surface area contributed by atoms with Crippen molar-refractivity contribution >= 4 is 47.0 Å². The minimum atomic E-state index is -1.01. The monoisotopic (exact) mass is 500 g/mol. The molecule has 0 radical (unpaired) electrons. The molecule has 1 saturated heterocycles. The van der Waals surface area contributed by atoms with Crippen molar-refractivity contribution in [2.24, 2.45) is 0 Å². The highest BCUT2D eigenvalue weighted by atomic mass is 35.5. The van der Waals surface area contributed by atoms with Crippen molar-refractivity contribution in [3.8, 4) is 0 Å². The summed E-state index contributed by atoms with van der Waals surface area (Å²) in [5, 5.41) is 8.39. The van der Waals surface area contributed by atoms with Gasteiger partial charge in [0, 0.05) is 28.4 Å². The molecule has 4 amide bonds. The topological polar surface area (TPSA) is 126 Å². The average molecular weight is 501 g/mol. The van der Waals surface area contributed by atoms with Gasteiger partial charge < -0.3 is 19.7 Å². The van der Waals surface area contributed by atoms with Crippen LogP contribution in [0.3, 0.4) is 0 Å². The molecular weight excluding hydrogens is 476 g/mol. The van der Waals surface area contributed by atoms with Crippen molar-refractivity contribution in [3.05, 3.63) is 58.6 Å². The lowest BCUT2D eigenvalue weighted by atomic mass is 9.83. The summed E-state index contributed by atoms with van der Waals surface area (Å²) in [5.41, 5.74) is 1.10. The lowest BCUT2D eigenvalue weighted by Gasteiger charge is -2.45. The number of nitrogens with one attached hydrogen (secondary N) is 3. The van der Waals surface area contributed by atoms with Crippen LogP contribution in [0, 0.1) is 0 Å². The van der Waals surface area contributed by atoms with Crippen LogP contribution in [0.2, 0.25) is 5.02 Å². The summed E-state index contributed by atoms with van der Waals surface area (Å²) in [6, 6.07) is 10.5. The number of fused-ring (bicyclic) bond motifs is 2. The van der Waals surface area contributed by atoms with E-state index in [9.17, 15) is 19.2 Å². The predicted octanol–water partition coefficient (Wildman–Crippen LogP) is 3.72. The molecule has 0 aliphatic carbocycles. The van der Waals surface area contributed by atoms with Crippen LogP contribution in [0.1, 0.15) is 35.7 Å². The largest absolute Gasteiger partial charge is 0.453 e. The molecule has 0 aromatic heterocycles. The zero-order valence-corrected chi connectivity index (χ0v) is 20.0. The smallest absolute Gasteiger partial charge is 0.412 e. The van der Waals surface area contributed by atoms with E-state index in [2.05, 4.69) is 20.7 Å². The van der Waals surface area contributed by atoms with E-state index in [1.54, 1.807) is 42.2 Å². The van der Waals surface area contributed by atoms with Crippen LogP contribution >= 0.6 is 11.6 Å². The van der Waals surface area contributed by atoms with Gasteiger partial charge in [0.05, 0.1) is 19.3 Å². The molecule has 1 spiro atoms. The van der Waals surface area contributed by atoms with Gasteiger partial charge in [-0.3, -0.25) is 20.2 Å². The second-order valence-corrected chi connectivity index (χ2v) is 8.89. The molecule has 2 aromatic carbocycles. The van der Waals surface area contributed by atoms with Crippen molar-refractivity contribution in [2.75, 3.05) is 30.8 Å². The summed E-state index contributed by atoms with van der Waals surface area (Å²) in [6.07, 6.45) is -0.0458. The minimum absolute atomic E-state index is 0.153. The number of nitrogens with zero attached hydrogens (tertiary/aromatic N) is 1. The molecule has 2 aromatic rings. The van der Waals surface area contributed by atoms with Crippen molar-refractivity contribution in [3.63, 3.8) is 0 Å². The Morgan fingerprint density at radius 2 is 1.94 bits per heavy atom. The number of carbonyl (C=O) groups excluding carboxylic acids is 4. The molecular formula is C24H25ClN4O6. The summed E-state index contributed by atoms with van der Waals surface area (Å²) in [7, 11) is 1.25. The Morgan fingerprint density at radius 3 is 2.66 bits per heavy atom. The Labute approximate surface area is 206 Å². The number of piperidine rings is 1. The molecule has 11 heteroatoms. The van der Waals surface area contributed by atoms with Crippen LogP contribution in [0.25, 0.3) is 0 Å². The van der Waals surface area contributed by atoms with E-state index in [-0.39, 0.29) is 12.5 Å². The van der Waals surface area contributed by atoms with Gasteiger partial charge in [-0.05, 0) is 62.2 Å². The summed E-state index contributed by atoms with van der Waals surface area (Å²) in [4.78, 5) is 51.0. The highest BCUT2D eigenvalue weighted by Gasteiger charge is 2.46. The van der Waals surface area contributed by atoms with Gasteiger partial charge in [0.25, 0.3) is 5.91 Å². The van der Waals surface area contributed by atoms with Gasteiger partial charge in [0.2, 0.25) is 5.91 Å². The van der Waals surface area contributed by atoms with Gasteiger partial charge in [-0.25, -0.2) is 9.59 Å². The van der Waals surface area contributed by atoms with Gasteiger partial charge in [-0.2, -0.15) is 0 Å². The van der Waals surface area contributed by atoms with Crippen molar-refractivity contribution in [2.45, 2.75) is 31.4 Å². The SMILES string of the molecule is COC(=O)Nc1ccc(C(=O)N[C@@H](C)C(=O)N2CCC[C@@]3(C2)OC(=O)Nc2ccc(Cl)cc23)cc1. The van der Waals surface area contributed by atoms with Crippen molar-refractivity contribution in [1.82, 2.24) is 10.2 Å². The first-order valence-electron chi connectivity index (χ1n) is 11.1. The van der Waals surface area contributed by atoms with Gasteiger partial charge >= 0.3 is 12.2 Å². The lowest BCUT2D eigenvalue weighted by Crippen LogP contribution is -2.56. The molecule has 0 unspecified atom stereocenters. The number of ether oxygens (including phenoxy) is 2. The van der Waals surface area contributed by atoms with Crippen LogP contribution in [0.5, 0.6) is 0 Å². The first-order valence-corrected chi connectivity index (χ1v) is 11.4. The molecule has 2 atom stereocenters. The fourth-order valence-electron chi connectivity index (χ4n) is 4.37. The van der Waals surface area contributed by atoms with E-state index in [0.29, 0.717) is 41.3 Å². The maximum atomic E-state index is 13.2. The number of likely N-dealkylation sites (tertiary alicyclic amines) is 1. The fraction of sp³-hybridized carbons (Fsp3) is 0.333. The van der Waals surface area contributed by atoms with Crippen LogP contribution in [-0.2, 0) is 19.9 Å². The number of benzene rings is 2. The lowest BCUT2D eigenvalue weighted by molar-refractivity contribution is -0.140. The zero-order chi connectivity index (χ0) is 25.2. The number of methoxy groups -OCH3 is 1. The molecule has 35 heavy (non-hydrogen) atoms. The number of rotatable bonds is 4. The van der Waals surface area contributed by atoms with E-state index in [1.807, 2.05) is 0 Å². The first kappa shape index (κ1) is 24.3. The van der Waals surface area contributed by atoms with Crippen LogP contribution < -0.4 is 16.0 Å². The third-order valence-electron chi connectivity index (χ3n) is 6.06. The summed E-state index contributed by atoms with van der Waals surface area (Å²) >= 11 is 6.20. The highest BCUT2D eigenvalue weighted by Crippen LogP contribution is 2.43. The normalized spacial score (nSPS) is 19.6. The molecule has 4 rings (SSSR count). The molecule has 2 aliphatic heterocycles. The molecule has 10 nitrogen and oxygen atoms in total. The second-order valence-electron chi connectivity index (χ2n) is 8.45. The summed E-state index contributed by atoms with van der Waals surface area (Å²) in [6.45, 7) is 2.23. The molecule has 184 valence electrons. The van der Waals surface area contributed by atoms with E-state index in [1.165, 1.54) is 19.2 Å². The number of anilines is 2. The molecule has 2 aliphatic rings. The Kier molecular flexibility index (Phi) is 6.83. The quantitative estimate of drug-likeness (QED) is 0.587. The second kappa shape index (κ2) is 9.83. The summed E-state index contributed by atoms with van der Waals surface area (Å²) in [5.74, 6) is -0.729. The fourth-order valence-corrected chi connectivity index (χ4v) is 4.54. The standard InChI is InChI=1S/C24H25ClN4O6/c1-14(26-20(30)15-4-7-17(8-5-15)27-22(32)34-2)21(31)29-11-3-10-24(13-29)18-12-16(25)6-9-19(18)28-23(33)35-24/h4-9,12,14H,3,10-11,13H2,1-2H3,(H,26,30)(H,27,32)(H,28,33)/t14-,24-/m0/s1. The van der Waals surface area contributed by atoms with Crippen molar-refractivity contribution < 1.29 is 28.7 Å². The van der Waals surface area contributed by atoms with E-state index < -0.39 is 29.7 Å². The number of amides is 4. The molecule has 3 N–H and O–H groups in total. The third kappa shape index (κ3) is 5.17. The number of hydrogen-bond donors (Lipinski definition) is 3. The highest BCUT2D eigenvalue weighted by molar-refractivity contribution is 6.30. The zero-order valence-electron chi connectivity index (χ0n) is 19.2. The first-order chi connectivity index (χ1) is 16.7. The average Bonchev–Trinajstić information content (AvgIpc) is 2.84. The van der Waals surface area contributed by atoms with Crippen LogP contribution in [0.15, 0.2) is 42.5 Å². The van der Waals surface area contributed by atoms with Crippen LogP contribution in [-0.4, -0.2) is 55.1 Å². The maximum absolute atomic E-state index is 13.2. The van der Waals surface area contributed by atoms with Crippen LogP contribution in [0.4, 0.5) is 21.0 Å². The minimum Gasteiger partial charge on any atom is -0.453 e. The van der Waals surface area contributed by atoms with Gasteiger partial charge in [-0.1, -0.05) is 11.6 Å². The Bertz CT molecular complexity index is 1170. The predicted molar refractivity (Wildman–Crippen MR) is 128 cm³/mol. The molecule has 0 saturated carbocycles. The molecule has 1 fully saturated rings.